The number of hydrogen-bond donors (Lipinski definition) is 0. The zero-order chi connectivity index (χ0) is 18.9. The summed E-state index contributed by atoms with van der Waals surface area (Å²) in [5.41, 5.74) is 2.22. The van der Waals surface area contributed by atoms with Crippen LogP contribution in [0.1, 0.15) is 34.3 Å². The molecule has 2 aliphatic heterocycles. The zero-order valence-electron chi connectivity index (χ0n) is 15.4. The molecule has 1 spiro atoms. The second kappa shape index (κ2) is 7.37. The van der Waals surface area contributed by atoms with E-state index in [-0.39, 0.29) is 17.6 Å². The van der Waals surface area contributed by atoms with E-state index in [2.05, 4.69) is 11.1 Å². The molecule has 2 saturated heterocycles. The number of carbonyl (C=O) groups is 1. The minimum atomic E-state index is -0.399. The fourth-order valence-corrected chi connectivity index (χ4v) is 3.85. The molecule has 2 aromatic rings. The fraction of sp³-hybridized carbons (Fsp3) is 0.429. The minimum Gasteiger partial charge on any atom is -0.373 e. The van der Waals surface area contributed by atoms with E-state index >= 15 is 0 Å². The highest BCUT2D eigenvalue weighted by Gasteiger charge is 2.49. The summed E-state index contributed by atoms with van der Waals surface area (Å²) >= 11 is 0. The van der Waals surface area contributed by atoms with Crippen LogP contribution in [0.4, 0.5) is 4.39 Å². The maximum Gasteiger partial charge on any atom is 0.254 e. The molecule has 4 rings (SSSR count). The summed E-state index contributed by atoms with van der Waals surface area (Å²) in [6.45, 7) is 4.21. The molecule has 6 heteroatoms. The topological polar surface area (TPSA) is 51.7 Å². The third-order valence-corrected chi connectivity index (χ3v) is 5.18. The molecule has 2 aliphatic rings. The Morgan fingerprint density at radius 3 is 3.00 bits per heavy atom. The van der Waals surface area contributed by atoms with E-state index in [1.165, 1.54) is 12.1 Å². The van der Waals surface area contributed by atoms with Crippen molar-refractivity contribution in [2.45, 2.75) is 38.1 Å². The van der Waals surface area contributed by atoms with Crippen LogP contribution in [0.5, 0.6) is 0 Å². The number of amides is 1. The molecular formula is C21H23FN2O3. The molecule has 0 saturated carbocycles. The Morgan fingerprint density at radius 2 is 2.22 bits per heavy atom. The molecule has 1 aromatic heterocycles. The molecule has 0 aliphatic carbocycles. The summed E-state index contributed by atoms with van der Waals surface area (Å²) in [6, 6.07) is 7.88. The van der Waals surface area contributed by atoms with Crippen molar-refractivity contribution in [2.24, 2.45) is 0 Å². The highest BCUT2D eigenvalue weighted by molar-refractivity contribution is 5.94. The molecule has 2 fully saturated rings. The number of benzene rings is 1. The van der Waals surface area contributed by atoms with Crippen molar-refractivity contribution in [3.05, 3.63) is 65.2 Å². The van der Waals surface area contributed by atoms with Gasteiger partial charge in [0.05, 0.1) is 25.8 Å². The summed E-state index contributed by atoms with van der Waals surface area (Å²) in [6.07, 6.45) is 5.36. The van der Waals surface area contributed by atoms with Crippen molar-refractivity contribution in [1.82, 2.24) is 9.88 Å². The molecule has 3 heterocycles. The van der Waals surface area contributed by atoms with Crippen molar-refractivity contribution >= 4 is 5.91 Å². The average Bonchev–Trinajstić information content (AvgIpc) is 2.64. The van der Waals surface area contributed by atoms with Crippen molar-refractivity contribution in [2.75, 3.05) is 19.7 Å². The van der Waals surface area contributed by atoms with Gasteiger partial charge >= 0.3 is 0 Å². The standard InChI is InChI=1S/C21H23FN2O3/c1-15-7-16(11-23-10-15)12-26-19-5-6-27-21(9-19)13-24(14-21)20(25)17-3-2-4-18(22)8-17/h2-4,7-8,10-11,19H,5-6,9,12-14H2,1H3/t19-/m1/s1. The van der Waals surface area contributed by atoms with Crippen molar-refractivity contribution in [1.29, 1.82) is 0 Å². The maximum absolute atomic E-state index is 13.3. The van der Waals surface area contributed by atoms with Crippen molar-refractivity contribution < 1.29 is 18.7 Å². The van der Waals surface area contributed by atoms with E-state index in [9.17, 15) is 9.18 Å². The Labute approximate surface area is 158 Å². The Hall–Kier alpha value is -2.31. The second-order valence-corrected chi connectivity index (χ2v) is 7.50. The summed E-state index contributed by atoms with van der Waals surface area (Å²) in [5, 5.41) is 0. The van der Waals surface area contributed by atoms with Gasteiger partial charge in [-0.15, -0.1) is 0 Å². The predicted octanol–water partition coefficient (Wildman–Crippen LogP) is 3.12. The van der Waals surface area contributed by atoms with Gasteiger partial charge in [0.25, 0.3) is 5.91 Å². The van der Waals surface area contributed by atoms with Gasteiger partial charge in [0.2, 0.25) is 0 Å². The van der Waals surface area contributed by atoms with Crippen LogP contribution in [-0.4, -0.2) is 47.2 Å². The van der Waals surface area contributed by atoms with Crippen LogP contribution in [-0.2, 0) is 16.1 Å². The number of carbonyl (C=O) groups excluding carboxylic acids is 1. The van der Waals surface area contributed by atoms with E-state index in [1.54, 1.807) is 17.0 Å². The molecule has 5 nitrogen and oxygen atoms in total. The summed E-state index contributed by atoms with van der Waals surface area (Å²) in [5.74, 6) is -0.554. The number of rotatable bonds is 4. The zero-order valence-corrected chi connectivity index (χ0v) is 15.4. The van der Waals surface area contributed by atoms with Gasteiger partial charge < -0.3 is 14.4 Å². The third kappa shape index (κ3) is 4.01. The minimum absolute atomic E-state index is 0.102. The van der Waals surface area contributed by atoms with Gasteiger partial charge in [0.15, 0.2) is 0 Å². The Balaban J connectivity index is 1.32. The van der Waals surface area contributed by atoms with Gasteiger partial charge in [-0.1, -0.05) is 12.1 Å². The van der Waals surface area contributed by atoms with Crippen LogP contribution in [0.3, 0.4) is 0 Å². The third-order valence-electron chi connectivity index (χ3n) is 5.18. The first-order chi connectivity index (χ1) is 13.0. The van der Waals surface area contributed by atoms with Crippen LogP contribution in [0.25, 0.3) is 0 Å². The number of aryl methyl sites for hydroxylation is 1. The Bertz CT molecular complexity index is 836. The highest BCUT2D eigenvalue weighted by atomic mass is 19.1. The first-order valence-electron chi connectivity index (χ1n) is 9.24. The summed E-state index contributed by atoms with van der Waals surface area (Å²) in [4.78, 5) is 18.4. The number of halogens is 1. The molecule has 0 unspecified atom stereocenters. The van der Waals surface area contributed by atoms with Crippen molar-refractivity contribution in [3.8, 4) is 0 Å². The number of nitrogens with zero attached hydrogens (tertiary/aromatic N) is 2. The largest absolute Gasteiger partial charge is 0.373 e. The lowest BCUT2D eigenvalue weighted by Crippen LogP contribution is -2.67. The number of hydrogen-bond acceptors (Lipinski definition) is 4. The van der Waals surface area contributed by atoms with E-state index in [1.807, 2.05) is 19.3 Å². The molecular weight excluding hydrogens is 347 g/mol. The van der Waals surface area contributed by atoms with Crippen molar-refractivity contribution in [3.63, 3.8) is 0 Å². The van der Waals surface area contributed by atoms with Crippen LogP contribution in [0.2, 0.25) is 0 Å². The predicted molar refractivity (Wildman–Crippen MR) is 97.8 cm³/mol. The Morgan fingerprint density at radius 1 is 1.37 bits per heavy atom. The molecule has 1 amide bonds. The lowest BCUT2D eigenvalue weighted by molar-refractivity contribution is -0.188. The highest BCUT2D eigenvalue weighted by Crippen LogP contribution is 2.36. The number of aromatic nitrogens is 1. The van der Waals surface area contributed by atoms with Gasteiger partial charge in [0, 0.05) is 31.0 Å². The summed E-state index contributed by atoms with van der Waals surface area (Å²) in [7, 11) is 0. The average molecular weight is 370 g/mol. The smallest absolute Gasteiger partial charge is 0.254 e. The number of pyridine rings is 1. The molecule has 0 N–H and O–H groups in total. The van der Waals surface area contributed by atoms with E-state index in [0.717, 1.165) is 24.0 Å². The molecule has 0 radical (unpaired) electrons. The summed E-state index contributed by atoms with van der Waals surface area (Å²) < 4.78 is 25.4. The molecule has 142 valence electrons. The van der Waals surface area contributed by atoms with Crippen LogP contribution in [0.15, 0.2) is 42.7 Å². The Kier molecular flexibility index (Phi) is 4.93. The monoisotopic (exact) mass is 370 g/mol. The van der Waals surface area contributed by atoms with E-state index in [4.69, 9.17) is 9.47 Å². The van der Waals surface area contributed by atoms with E-state index < -0.39 is 5.82 Å². The van der Waals surface area contributed by atoms with Crippen LogP contribution in [0, 0.1) is 12.7 Å². The molecule has 27 heavy (non-hydrogen) atoms. The number of ether oxygens (including phenoxy) is 2. The quantitative estimate of drug-likeness (QED) is 0.830. The fourth-order valence-electron chi connectivity index (χ4n) is 3.85. The van der Waals surface area contributed by atoms with Gasteiger partial charge in [-0.05, 0) is 42.7 Å². The first-order valence-corrected chi connectivity index (χ1v) is 9.24. The lowest BCUT2D eigenvalue weighted by atomic mass is 9.84. The molecule has 1 atom stereocenters. The van der Waals surface area contributed by atoms with E-state index in [0.29, 0.717) is 31.9 Å². The first kappa shape index (κ1) is 18.1. The molecule has 1 aromatic carbocycles. The normalized spacial score (nSPS) is 21.1. The lowest BCUT2D eigenvalue weighted by Gasteiger charge is -2.53. The van der Waals surface area contributed by atoms with Crippen LogP contribution >= 0.6 is 0 Å². The van der Waals surface area contributed by atoms with Gasteiger partial charge in [-0.25, -0.2) is 4.39 Å². The molecule has 0 bridgehead atoms. The van der Waals surface area contributed by atoms with Gasteiger partial charge in [0.1, 0.15) is 11.4 Å². The number of likely N-dealkylation sites (tertiary alicyclic amines) is 1. The van der Waals surface area contributed by atoms with Gasteiger partial charge in [-0.3, -0.25) is 9.78 Å². The SMILES string of the molecule is Cc1cncc(CO[C@@H]2CCOC3(C2)CN(C(=O)c2cccc(F)c2)C3)c1. The maximum atomic E-state index is 13.3. The second-order valence-electron chi connectivity index (χ2n) is 7.50. The van der Waals surface area contributed by atoms with Crippen LogP contribution < -0.4 is 0 Å². The van der Waals surface area contributed by atoms with Gasteiger partial charge in [-0.2, -0.15) is 0 Å².